The van der Waals surface area contributed by atoms with E-state index in [1.807, 2.05) is 13.8 Å². The summed E-state index contributed by atoms with van der Waals surface area (Å²) in [6.07, 6.45) is -3.75. The van der Waals surface area contributed by atoms with Crippen molar-refractivity contribution in [3.05, 3.63) is 0 Å². The Morgan fingerprint density at radius 1 is 1.35 bits per heavy atom. The van der Waals surface area contributed by atoms with Crippen molar-refractivity contribution in [3.63, 3.8) is 0 Å². The molecule has 1 amide bonds. The van der Waals surface area contributed by atoms with Gasteiger partial charge in [0.2, 0.25) is 5.91 Å². The zero-order valence-electron chi connectivity index (χ0n) is 10.2. The van der Waals surface area contributed by atoms with Crippen LogP contribution >= 0.6 is 0 Å². The molecular formula is C11H19F3N2O. The summed E-state index contributed by atoms with van der Waals surface area (Å²) in [4.78, 5) is 13.4. The zero-order chi connectivity index (χ0) is 13.1. The first-order chi connectivity index (χ1) is 7.85. The minimum Gasteiger partial charge on any atom is -0.326 e. The van der Waals surface area contributed by atoms with E-state index in [0.717, 1.165) is 0 Å². The highest BCUT2D eigenvalue weighted by Crippen LogP contribution is 2.22. The average Bonchev–Trinajstić information content (AvgIpc) is 2.48. The zero-order valence-corrected chi connectivity index (χ0v) is 10.2. The third-order valence-corrected chi connectivity index (χ3v) is 3.01. The summed E-state index contributed by atoms with van der Waals surface area (Å²) in [7, 11) is 0. The van der Waals surface area contributed by atoms with Gasteiger partial charge in [-0.3, -0.25) is 10.1 Å². The fourth-order valence-electron chi connectivity index (χ4n) is 2.05. The van der Waals surface area contributed by atoms with Gasteiger partial charge in [0.15, 0.2) is 0 Å². The smallest absolute Gasteiger partial charge is 0.326 e. The molecule has 1 rings (SSSR count). The standard InChI is InChI=1S/C11H19F3N2O/c1-3-9-10(17)16(8(2)15-9)7-5-4-6-11(12,13)14/h8-9,15H,3-7H2,1-2H3. The SMILES string of the molecule is CCC1NC(C)N(CCCCC(F)(F)F)C1=O. The number of hydrogen-bond acceptors (Lipinski definition) is 2. The predicted molar refractivity (Wildman–Crippen MR) is 58.3 cm³/mol. The van der Waals surface area contributed by atoms with Gasteiger partial charge in [0, 0.05) is 13.0 Å². The molecule has 0 aliphatic carbocycles. The molecule has 1 N–H and O–H groups in total. The molecule has 0 saturated carbocycles. The van der Waals surface area contributed by atoms with Crippen molar-refractivity contribution in [1.82, 2.24) is 10.2 Å². The fourth-order valence-corrected chi connectivity index (χ4v) is 2.05. The summed E-state index contributed by atoms with van der Waals surface area (Å²) in [5.41, 5.74) is 0. The van der Waals surface area contributed by atoms with Gasteiger partial charge in [0.05, 0.1) is 12.2 Å². The van der Waals surface area contributed by atoms with Crippen LogP contribution < -0.4 is 5.32 Å². The van der Waals surface area contributed by atoms with Crippen LogP contribution in [0.15, 0.2) is 0 Å². The van der Waals surface area contributed by atoms with Crippen molar-refractivity contribution in [2.45, 2.75) is 57.9 Å². The lowest BCUT2D eigenvalue weighted by Gasteiger charge is -2.20. The highest BCUT2D eigenvalue weighted by atomic mass is 19.4. The van der Waals surface area contributed by atoms with Gasteiger partial charge in [-0.1, -0.05) is 6.92 Å². The van der Waals surface area contributed by atoms with Crippen LogP contribution in [0.25, 0.3) is 0 Å². The predicted octanol–water partition coefficient (Wildman–Crippen LogP) is 2.28. The van der Waals surface area contributed by atoms with Crippen LogP contribution in [-0.2, 0) is 4.79 Å². The molecule has 0 bridgehead atoms. The number of hydrogen-bond donors (Lipinski definition) is 1. The Labute approximate surface area is 99.4 Å². The second kappa shape index (κ2) is 5.71. The Balaban J connectivity index is 2.30. The van der Waals surface area contributed by atoms with Gasteiger partial charge in [-0.2, -0.15) is 13.2 Å². The van der Waals surface area contributed by atoms with E-state index in [4.69, 9.17) is 0 Å². The lowest BCUT2D eigenvalue weighted by atomic mass is 10.2. The Morgan fingerprint density at radius 2 is 2.00 bits per heavy atom. The molecule has 1 saturated heterocycles. The number of alkyl halides is 3. The number of amides is 1. The van der Waals surface area contributed by atoms with Crippen molar-refractivity contribution in [2.75, 3.05) is 6.54 Å². The van der Waals surface area contributed by atoms with E-state index in [9.17, 15) is 18.0 Å². The second-order valence-electron chi connectivity index (χ2n) is 4.41. The van der Waals surface area contributed by atoms with Gasteiger partial charge >= 0.3 is 6.18 Å². The van der Waals surface area contributed by atoms with Crippen molar-refractivity contribution in [1.29, 1.82) is 0 Å². The van der Waals surface area contributed by atoms with Gasteiger partial charge in [-0.25, -0.2) is 0 Å². The lowest BCUT2D eigenvalue weighted by Crippen LogP contribution is -2.35. The van der Waals surface area contributed by atoms with E-state index in [1.54, 1.807) is 4.90 Å². The Bertz CT molecular complexity index is 268. The number of nitrogens with one attached hydrogen (secondary N) is 1. The number of nitrogens with zero attached hydrogens (tertiary/aromatic N) is 1. The molecule has 0 radical (unpaired) electrons. The maximum atomic E-state index is 11.9. The van der Waals surface area contributed by atoms with Gasteiger partial charge in [0.1, 0.15) is 0 Å². The van der Waals surface area contributed by atoms with Crippen molar-refractivity contribution >= 4 is 5.91 Å². The molecule has 0 spiro atoms. The molecule has 0 aromatic rings. The molecule has 1 aliphatic rings. The molecule has 2 unspecified atom stereocenters. The number of unbranched alkanes of at least 4 members (excludes halogenated alkanes) is 1. The number of carbonyl (C=O) groups is 1. The van der Waals surface area contributed by atoms with Crippen molar-refractivity contribution in [2.24, 2.45) is 0 Å². The van der Waals surface area contributed by atoms with Crippen LogP contribution in [0, 0.1) is 0 Å². The van der Waals surface area contributed by atoms with E-state index in [0.29, 0.717) is 19.4 Å². The molecule has 0 aromatic heterocycles. The summed E-state index contributed by atoms with van der Waals surface area (Å²) < 4.78 is 35.8. The first kappa shape index (κ1) is 14.3. The van der Waals surface area contributed by atoms with Gasteiger partial charge in [-0.15, -0.1) is 0 Å². The van der Waals surface area contributed by atoms with Gasteiger partial charge in [0.25, 0.3) is 0 Å². The third kappa shape index (κ3) is 4.18. The molecular weight excluding hydrogens is 233 g/mol. The average molecular weight is 252 g/mol. The Hall–Kier alpha value is -0.780. The molecule has 1 aliphatic heterocycles. The maximum Gasteiger partial charge on any atom is 0.389 e. The summed E-state index contributed by atoms with van der Waals surface area (Å²) >= 11 is 0. The van der Waals surface area contributed by atoms with Crippen LogP contribution in [0.3, 0.4) is 0 Å². The summed E-state index contributed by atoms with van der Waals surface area (Å²) in [5, 5.41) is 3.11. The second-order valence-corrected chi connectivity index (χ2v) is 4.41. The highest BCUT2D eigenvalue weighted by Gasteiger charge is 2.34. The molecule has 3 nitrogen and oxygen atoms in total. The summed E-state index contributed by atoms with van der Waals surface area (Å²) in [5.74, 6) is 0.00649. The summed E-state index contributed by atoms with van der Waals surface area (Å²) in [6, 6.07) is -0.174. The quantitative estimate of drug-likeness (QED) is 0.761. The fraction of sp³-hybridized carbons (Fsp3) is 0.909. The van der Waals surface area contributed by atoms with Crippen LogP contribution in [0.5, 0.6) is 0 Å². The summed E-state index contributed by atoms with van der Waals surface area (Å²) in [6.45, 7) is 4.17. The van der Waals surface area contributed by atoms with Crippen LogP contribution in [-0.4, -0.2) is 35.7 Å². The minimum atomic E-state index is -4.09. The lowest BCUT2D eigenvalue weighted by molar-refractivity contribution is -0.136. The number of rotatable bonds is 5. The molecule has 1 fully saturated rings. The molecule has 17 heavy (non-hydrogen) atoms. The van der Waals surface area contributed by atoms with Crippen LogP contribution in [0.4, 0.5) is 13.2 Å². The van der Waals surface area contributed by atoms with E-state index in [1.165, 1.54) is 0 Å². The Morgan fingerprint density at radius 3 is 2.47 bits per heavy atom. The number of halogens is 3. The molecule has 6 heteroatoms. The van der Waals surface area contributed by atoms with Gasteiger partial charge < -0.3 is 4.90 Å². The minimum absolute atomic E-state index is 0.00649. The topological polar surface area (TPSA) is 32.3 Å². The normalized spacial score (nSPS) is 25.7. The monoisotopic (exact) mass is 252 g/mol. The van der Waals surface area contributed by atoms with E-state index in [-0.39, 0.29) is 24.5 Å². The van der Waals surface area contributed by atoms with E-state index in [2.05, 4.69) is 5.32 Å². The highest BCUT2D eigenvalue weighted by molar-refractivity contribution is 5.84. The molecule has 2 atom stereocenters. The van der Waals surface area contributed by atoms with E-state index >= 15 is 0 Å². The maximum absolute atomic E-state index is 11.9. The first-order valence-electron chi connectivity index (χ1n) is 5.98. The van der Waals surface area contributed by atoms with Crippen LogP contribution in [0.1, 0.15) is 39.5 Å². The first-order valence-corrected chi connectivity index (χ1v) is 5.98. The van der Waals surface area contributed by atoms with Crippen LogP contribution in [0.2, 0.25) is 0 Å². The van der Waals surface area contributed by atoms with E-state index < -0.39 is 12.6 Å². The Kier molecular flexibility index (Phi) is 4.80. The molecule has 100 valence electrons. The molecule has 0 aromatic carbocycles. The van der Waals surface area contributed by atoms with Crippen molar-refractivity contribution < 1.29 is 18.0 Å². The van der Waals surface area contributed by atoms with Gasteiger partial charge in [-0.05, 0) is 26.2 Å². The van der Waals surface area contributed by atoms with Crippen molar-refractivity contribution in [3.8, 4) is 0 Å². The molecule has 1 heterocycles. The number of carbonyl (C=O) groups excluding carboxylic acids is 1. The largest absolute Gasteiger partial charge is 0.389 e. The third-order valence-electron chi connectivity index (χ3n) is 3.01.